The maximum atomic E-state index is 14.7. The van der Waals surface area contributed by atoms with Gasteiger partial charge in [0.05, 0.1) is 5.56 Å². The van der Waals surface area contributed by atoms with E-state index < -0.39 is 46.9 Å². The van der Waals surface area contributed by atoms with Gasteiger partial charge < -0.3 is 20.5 Å². The molecule has 3 aromatic rings. The zero-order chi connectivity index (χ0) is 25.6. The number of benzene rings is 3. The Morgan fingerprint density at radius 1 is 0.914 bits per heavy atom. The number of carbonyl (C=O) groups excluding carboxylic acids is 1. The topological polar surface area (TPSA) is 87.7 Å². The summed E-state index contributed by atoms with van der Waals surface area (Å²) in [5.74, 6) is -4.08. The third kappa shape index (κ3) is 7.42. The third-order valence-corrected chi connectivity index (χ3v) is 4.79. The van der Waals surface area contributed by atoms with E-state index in [9.17, 15) is 31.5 Å². The number of hydrogen-bond donors (Lipinski definition) is 3. The average Bonchev–Trinajstić information content (AvgIpc) is 2.76. The van der Waals surface area contributed by atoms with E-state index in [1.165, 1.54) is 12.1 Å². The van der Waals surface area contributed by atoms with Crippen molar-refractivity contribution in [2.24, 2.45) is 0 Å². The molecule has 0 bridgehead atoms. The molecular weight excluding hydrogens is 475 g/mol. The quantitative estimate of drug-likeness (QED) is 0.342. The van der Waals surface area contributed by atoms with Crippen LogP contribution in [0.1, 0.15) is 17.5 Å². The molecule has 2 amide bonds. The summed E-state index contributed by atoms with van der Waals surface area (Å²) in [5, 5.41) is 13.5. The van der Waals surface area contributed by atoms with E-state index in [1.54, 1.807) is 24.3 Å². The summed E-state index contributed by atoms with van der Waals surface area (Å²) < 4.78 is 71.1. The van der Waals surface area contributed by atoms with Gasteiger partial charge in [-0.25, -0.2) is 13.6 Å². The molecule has 0 unspecified atom stereocenters. The van der Waals surface area contributed by atoms with Gasteiger partial charge in [0.25, 0.3) is 0 Å². The van der Waals surface area contributed by atoms with Crippen molar-refractivity contribution in [3.05, 3.63) is 83.4 Å². The van der Waals surface area contributed by atoms with Crippen molar-refractivity contribution in [3.8, 4) is 16.9 Å². The lowest BCUT2D eigenvalue weighted by atomic mass is 10.0. The van der Waals surface area contributed by atoms with E-state index in [2.05, 4.69) is 15.4 Å². The molecule has 0 aliphatic heterocycles. The van der Waals surface area contributed by atoms with E-state index in [4.69, 9.17) is 5.11 Å². The summed E-state index contributed by atoms with van der Waals surface area (Å²) in [6.07, 6.45) is -4.70. The molecule has 0 heterocycles. The van der Waals surface area contributed by atoms with Crippen molar-refractivity contribution in [3.63, 3.8) is 0 Å². The molecule has 0 aromatic heterocycles. The van der Waals surface area contributed by atoms with E-state index >= 15 is 0 Å². The number of alkyl halides is 3. The van der Waals surface area contributed by atoms with Crippen LogP contribution in [0.4, 0.5) is 32.4 Å². The fourth-order valence-corrected chi connectivity index (χ4v) is 3.22. The summed E-state index contributed by atoms with van der Waals surface area (Å²) in [5.41, 5.74) is 0.0861. The summed E-state index contributed by atoms with van der Waals surface area (Å²) in [6.45, 7) is 0.0796. The van der Waals surface area contributed by atoms with Crippen LogP contribution in [0, 0.1) is 11.6 Å². The largest absolute Gasteiger partial charge is 0.573 e. The highest BCUT2D eigenvalue weighted by Gasteiger charge is 2.33. The zero-order valence-corrected chi connectivity index (χ0v) is 18.0. The normalized spacial score (nSPS) is 11.1. The maximum Gasteiger partial charge on any atom is 0.573 e. The highest BCUT2D eigenvalue weighted by molar-refractivity contribution is 5.89. The minimum Gasteiger partial charge on any atom is -0.481 e. The first-order valence-electron chi connectivity index (χ1n) is 10.2. The van der Waals surface area contributed by atoms with Crippen LogP contribution < -0.4 is 15.4 Å². The Bertz CT molecular complexity index is 1190. The van der Waals surface area contributed by atoms with Crippen molar-refractivity contribution < 1.29 is 41.4 Å². The number of aliphatic carboxylic acids is 1. The van der Waals surface area contributed by atoms with Crippen LogP contribution in [0.25, 0.3) is 11.1 Å². The molecule has 0 saturated heterocycles. The van der Waals surface area contributed by atoms with Gasteiger partial charge in [0, 0.05) is 24.2 Å². The number of nitrogens with one attached hydrogen (secondary N) is 2. The molecule has 0 radical (unpaired) electrons. The second kappa shape index (κ2) is 10.9. The van der Waals surface area contributed by atoms with Crippen LogP contribution in [-0.2, 0) is 17.8 Å². The molecule has 0 spiro atoms. The Balaban J connectivity index is 1.66. The van der Waals surface area contributed by atoms with Gasteiger partial charge in [0.2, 0.25) is 0 Å². The monoisotopic (exact) mass is 494 g/mol. The summed E-state index contributed by atoms with van der Waals surface area (Å²) >= 11 is 0. The molecule has 3 aromatic carbocycles. The summed E-state index contributed by atoms with van der Waals surface area (Å²) in [4.78, 5) is 22.8. The maximum absolute atomic E-state index is 14.7. The number of carbonyl (C=O) groups is 2. The number of rotatable bonds is 8. The highest BCUT2D eigenvalue weighted by Crippen LogP contribution is 2.37. The smallest absolute Gasteiger partial charge is 0.481 e. The number of halogens is 5. The lowest BCUT2D eigenvalue weighted by Crippen LogP contribution is -2.28. The van der Waals surface area contributed by atoms with Crippen LogP contribution in [-0.4, -0.2) is 23.5 Å². The van der Waals surface area contributed by atoms with Gasteiger partial charge in [0.1, 0.15) is 17.4 Å². The molecule has 0 saturated carbocycles. The molecule has 184 valence electrons. The van der Waals surface area contributed by atoms with Gasteiger partial charge >= 0.3 is 18.4 Å². The van der Waals surface area contributed by atoms with Gasteiger partial charge in [-0.15, -0.1) is 13.2 Å². The van der Waals surface area contributed by atoms with Crippen LogP contribution in [0.5, 0.6) is 5.75 Å². The first-order valence-corrected chi connectivity index (χ1v) is 10.2. The number of anilines is 1. The van der Waals surface area contributed by atoms with E-state index in [-0.39, 0.29) is 18.7 Å². The SMILES string of the molecule is O=C(O)CCc1ccc(CNC(=O)Nc2cc(F)c(-c3ccccc3OC(F)(F)F)c(F)c2)cc1. The number of ether oxygens (including phenoxy) is 1. The van der Waals surface area contributed by atoms with Crippen molar-refractivity contribution in [1.82, 2.24) is 5.32 Å². The van der Waals surface area contributed by atoms with Gasteiger partial charge in [0.15, 0.2) is 0 Å². The second-order valence-corrected chi connectivity index (χ2v) is 7.38. The van der Waals surface area contributed by atoms with Crippen LogP contribution >= 0.6 is 0 Å². The fraction of sp³-hybridized carbons (Fsp3) is 0.167. The van der Waals surface area contributed by atoms with E-state index in [0.717, 1.165) is 29.8 Å². The number of hydrogen-bond acceptors (Lipinski definition) is 3. The Labute approximate surface area is 196 Å². The van der Waals surface area contributed by atoms with E-state index in [0.29, 0.717) is 12.0 Å². The van der Waals surface area contributed by atoms with Crippen LogP contribution in [0.15, 0.2) is 60.7 Å². The first-order chi connectivity index (χ1) is 16.5. The number of carboxylic acid groups (broad SMARTS) is 1. The van der Waals surface area contributed by atoms with Crippen molar-refractivity contribution in [2.75, 3.05) is 5.32 Å². The van der Waals surface area contributed by atoms with Gasteiger partial charge in [-0.2, -0.15) is 0 Å². The molecule has 3 rings (SSSR count). The molecule has 3 N–H and O–H groups in total. The first kappa shape index (κ1) is 25.5. The van der Waals surface area contributed by atoms with Crippen LogP contribution in [0.3, 0.4) is 0 Å². The summed E-state index contributed by atoms with van der Waals surface area (Å²) in [6, 6.07) is 12.2. The van der Waals surface area contributed by atoms with Crippen LogP contribution in [0.2, 0.25) is 0 Å². The molecular formula is C24H19F5N2O4. The predicted octanol–water partition coefficient (Wildman–Crippen LogP) is 5.87. The van der Waals surface area contributed by atoms with Gasteiger partial charge in [-0.3, -0.25) is 4.79 Å². The lowest BCUT2D eigenvalue weighted by molar-refractivity contribution is -0.274. The van der Waals surface area contributed by atoms with Gasteiger partial charge in [-0.1, -0.05) is 42.5 Å². The molecule has 0 aliphatic carbocycles. The van der Waals surface area contributed by atoms with Crippen molar-refractivity contribution in [2.45, 2.75) is 25.7 Å². The standard InChI is InChI=1S/C24H19F5N2O4/c25-18-11-16(12-19(26)22(18)17-3-1-2-4-20(17)35-24(27,28)29)31-23(34)30-13-15-7-5-14(6-8-15)9-10-21(32)33/h1-8,11-12H,9-10,13H2,(H,32,33)(H2,30,31,34). The number of urea groups is 1. The Morgan fingerprint density at radius 2 is 1.51 bits per heavy atom. The number of aryl methyl sites for hydroxylation is 1. The fourth-order valence-electron chi connectivity index (χ4n) is 3.22. The van der Waals surface area contributed by atoms with Crippen molar-refractivity contribution in [1.29, 1.82) is 0 Å². The zero-order valence-electron chi connectivity index (χ0n) is 18.0. The lowest BCUT2D eigenvalue weighted by Gasteiger charge is -2.15. The molecule has 6 nitrogen and oxygen atoms in total. The molecule has 0 aliphatic rings. The van der Waals surface area contributed by atoms with Gasteiger partial charge in [-0.05, 0) is 35.7 Å². The minimum absolute atomic E-state index is 0.00709. The number of para-hydroxylation sites is 1. The van der Waals surface area contributed by atoms with E-state index in [1.807, 2.05) is 0 Å². The highest BCUT2D eigenvalue weighted by atomic mass is 19.4. The number of carboxylic acids is 1. The average molecular weight is 494 g/mol. The third-order valence-electron chi connectivity index (χ3n) is 4.79. The minimum atomic E-state index is -5.05. The predicted molar refractivity (Wildman–Crippen MR) is 117 cm³/mol. The Kier molecular flexibility index (Phi) is 7.90. The Hall–Kier alpha value is -4.15. The molecule has 0 atom stereocenters. The summed E-state index contributed by atoms with van der Waals surface area (Å²) in [7, 11) is 0. The molecule has 35 heavy (non-hydrogen) atoms. The van der Waals surface area contributed by atoms with Crippen molar-refractivity contribution >= 4 is 17.7 Å². The molecule has 0 fully saturated rings. The number of amides is 2. The molecule has 11 heteroatoms. The second-order valence-electron chi connectivity index (χ2n) is 7.38. The Morgan fingerprint density at radius 3 is 2.11 bits per heavy atom.